The van der Waals surface area contributed by atoms with Gasteiger partial charge < -0.3 is 15.4 Å². The van der Waals surface area contributed by atoms with E-state index in [1.54, 1.807) is 13.3 Å². The number of methoxy groups -OCH3 is 1. The van der Waals surface area contributed by atoms with Crippen LogP contribution >= 0.6 is 0 Å². The quantitative estimate of drug-likeness (QED) is 0.747. The van der Waals surface area contributed by atoms with Crippen LogP contribution in [0.4, 0.5) is 5.69 Å². The van der Waals surface area contributed by atoms with Crippen molar-refractivity contribution in [3.05, 3.63) is 18.3 Å². The van der Waals surface area contributed by atoms with Gasteiger partial charge in [-0.25, -0.2) is 4.98 Å². The predicted molar refractivity (Wildman–Crippen MR) is 55.7 cm³/mol. The van der Waals surface area contributed by atoms with Gasteiger partial charge in [-0.05, 0) is 19.0 Å². The first-order valence-corrected chi connectivity index (χ1v) is 4.86. The van der Waals surface area contributed by atoms with Gasteiger partial charge in [0.1, 0.15) is 0 Å². The van der Waals surface area contributed by atoms with Crippen LogP contribution in [0.5, 0.6) is 5.88 Å². The van der Waals surface area contributed by atoms with Crippen molar-refractivity contribution in [1.82, 2.24) is 10.3 Å². The summed E-state index contributed by atoms with van der Waals surface area (Å²) in [4.78, 5) is 4.05. The van der Waals surface area contributed by atoms with Gasteiger partial charge in [-0.2, -0.15) is 0 Å². The number of nitrogens with one attached hydrogen (secondary N) is 2. The van der Waals surface area contributed by atoms with Gasteiger partial charge in [0.05, 0.1) is 7.11 Å². The Kier molecular flexibility index (Phi) is 2.84. The van der Waals surface area contributed by atoms with Gasteiger partial charge >= 0.3 is 0 Å². The molecular formula is C10H15N3O. The maximum absolute atomic E-state index is 5.05. The highest BCUT2D eigenvalue weighted by Crippen LogP contribution is 2.15. The lowest BCUT2D eigenvalue weighted by Gasteiger charge is -2.12. The summed E-state index contributed by atoms with van der Waals surface area (Å²) in [6, 6.07) is 4.40. The molecule has 1 aromatic rings. The number of hydrogen-bond donors (Lipinski definition) is 2. The molecule has 4 nitrogen and oxygen atoms in total. The summed E-state index contributed by atoms with van der Waals surface area (Å²) in [6.07, 6.45) is 2.92. The van der Waals surface area contributed by atoms with E-state index in [9.17, 15) is 0 Å². The molecule has 1 aromatic heterocycles. The number of anilines is 1. The van der Waals surface area contributed by atoms with Gasteiger partial charge in [0.15, 0.2) is 0 Å². The fraction of sp³-hybridized carbons (Fsp3) is 0.500. The van der Waals surface area contributed by atoms with E-state index in [4.69, 9.17) is 4.74 Å². The lowest BCUT2D eigenvalue weighted by atomic mass is 10.2. The SMILES string of the molecule is COc1cc(NC2CCNC2)ccn1. The lowest BCUT2D eigenvalue weighted by molar-refractivity contribution is 0.398. The molecule has 1 saturated heterocycles. The number of hydrogen-bond acceptors (Lipinski definition) is 4. The first kappa shape index (κ1) is 9.27. The molecule has 76 valence electrons. The molecule has 0 aromatic carbocycles. The number of nitrogens with zero attached hydrogens (tertiary/aromatic N) is 1. The van der Waals surface area contributed by atoms with E-state index >= 15 is 0 Å². The highest BCUT2D eigenvalue weighted by molar-refractivity contribution is 5.46. The van der Waals surface area contributed by atoms with Crippen LogP contribution in [0.1, 0.15) is 6.42 Å². The van der Waals surface area contributed by atoms with Gasteiger partial charge in [0.25, 0.3) is 0 Å². The molecular weight excluding hydrogens is 178 g/mol. The molecule has 0 radical (unpaired) electrons. The minimum Gasteiger partial charge on any atom is -0.481 e. The highest BCUT2D eigenvalue weighted by Gasteiger charge is 2.13. The van der Waals surface area contributed by atoms with Crippen molar-refractivity contribution in [2.45, 2.75) is 12.5 Å². The van der Waals surface area contributed by atoms with Crippen molar-refractivity contribution in [3.8, 4) is 5.88 Å². The zero-order valence-electron chi connectivity index (χ0n) is 8.29. The molecule has 0 saturated carbocycles. The molecule has 2 heterocycles. The van der Waals surface area contributed by atoms with Crippen LogP contribution < -0.4 is 15.4 Å². The van der Waals surface area contributed by atoms with Crippen LogP contribution in [-0.2, 0) is 0 Å². The molecule has 0 aliphatic carbocycles. The molecule has 1 aliphatic rings. The molecule has 2 N–H and O–H groups in total. The summed E-state index contributed by atoms with van der Waals surface area (Å²) in [5, 5.41) is 6.74. The summed E-state index contributed by atoms with van der Waals surface area (Å²) in [7, 11) is 1.63. The predicted octanol–water partition coefficient (Wildman–Crippen LogP) is 0.864. The Morgan fingerprint density at radius 3 is 3.29 bits per heavy atom. The normalized spacial score (nSPS) is 20.8. The number of rotatable bonds is 3. The van der Waals surface area contributed by atoms with E-state index in [0.29, 0.717) is 11.9 Å². The zero-order valence-corrected chi connectivity index (χ0v) is 8.29. The van der Waals surface area contributed by atoms with E-state index in [2.05, 4.69) is 15.6 Å². The minimum absolute atomic E-state index is 0.530. The van der Waals surface area contributed by atoms with E-state index in [-0.39, 0.29) is 0 Å². The van der Waals surface area contributed by atoms with Crippen LogP contribution in [0.25, 0.3) is 0 Å². The average molecular weight is 193 g/mol. The Bertz CT molecular complexity index is 297. The van der Waals surface area contributed by atoms with Gasteiger partial charge in [0, 0.05) is 30.5 Å². The largest absolute Gasteiger partial charge is 0.481 e. The fourth-order valence-corrected chi connectivity index (χ4v) is 1.62. The Labute approximate surface area is 83.7 Å². The summed E-state index contributed by atoms with van der Waals surface area (Å²) in [6.45, 7) is 2.13. The highest BCUT2D eigenvalue weighted by atomic mass is 16.5. The van der Waals surface area contributed by atoms with Crippen LogP contribution in [0.15, 0.2) is 18.3 Å². The second-order valence-corrected chi connectivity index (χ2v) is 3.42. The maximum Gasteiger partial charge on any atom is 0.214 e. The number of aromatic nitrogens is 1. The van der Waals surface area contributed by atoms with Crippen LogP contribution in [0, 0.1) is 0 Å². The van der Waals surface area contributed by atoms with Crippen molar-refractivity contribution in [3.63, 3.8) is 0 Å². The third-order valence-electron chi connectivity index (χ3n) is 2.38. The zero-order chi connectivity index (χ0) is 9.80. The Morgan fingerprint density at radius 2 is 2.57 bits per heavy atom. The van der Waals surface area contributed by atoms with Crippen molar-refractivity contribution < 1.29 is 4.74 Å². The third kappa shape index (κ3) is 2.14. The smallest absolute Gasteiger partial charge is 0.214 e. The summed E-state index contributed by atoms with van der Waals surface area (Å²) >= 11 is 0. The van der Waals surface area contributed by atoms with Crippen molar-refractivity contribution >= 4 is 5.69 Å². The number of pyridine rings is 1. The number of ether oxygens (including phenoxy) is 1. The lowest BCUT2D eigenvalue weighted by Crippen LogP contribution is -2.22. The monoisotopic (exact) mass is 193 g/mol. The van der Waals surface area contributed by atoms with E-state index in [0.717, 1.165) is 18.8 Å². The molecule has 0 spiro atoms. The first-order valence-electron chi connectivity index (χ1n) is 4.86. The molecule has 4 heteroatoms. The maximum atomic E-state index is 5.05. The van der Waals surface area contributed by atoms with Crippen LogP contribution in [0.2, 0.25) is 0 Å². The molecule has 14 heavy (non-hydrogen) atoms. The average Bonchev–Trinajstić information content (AvgIpc) is 2.71. The van der Waals surface area contributed by atoms with Crippen molar-refractivity contribution in [1.29, 1.82) is 0 Å². The standard InChI is InChI=1S/C10H15N3O/c1-14-10-6-8(3-5-12-10)13-9-2-4-11-7-9/h3,5-6,9,11H,2,4,7H2,1H3,(H,12,13). The third-order valence-corrected chi connectivity index (χ3v) is 2.38. The first-order chi connectivity index (χ1) is 6.88. The summed E-state index contributed by atoms with van der Waals surface area (Å²) < 4.78 is 5.05. The second-order valence-electron chi connectivity index (χ2n) is 3.42. The molecule has 1 atom stereocenters. The van der Waals surface area contributed by atoms with Crippen molar-refractivity contribution in [2.75, 3.05) is 25.5 Å². The van der Waals surface area contributed by atoms with Gasteiger partial charge in [-0.1, -0.05) is 0 Å². The van der Waals surface area contributed by atoms with Gasteiger partial charge in [-0.15, -0.1) is 0 Å². The Balaban J connectivity index is 2.00. The van der Waals surface area contributed by atoms with E-state index in [1.165, 1.54) is 6.42 Å². The van der Waals surface area contributed by atoms with Crippen molar-refractivity contribution in [2.24, 2.45) is 0 Å². The Morgan fingerprint density at radius 1 is 1.64 bits per heavy atom. The van der Waals surface area contributed by atoms with Gasteiger partial charge in [-0.3, -0.25) is 0 Å². The fourth-order valence-electron chi connectivity index (χ4n) is 1.62. The molecule has 1 aliphatic heterocycles. The summed E-state index contributed by atoms with van der Waals surface area (Å²) in [5.74, 6) is 0.654. The second kappa shape index (κ2) is 4.28. The van der Waals surface area contributed by atoms with Crippen LogP contribution in [0.3, 0.4) is 0 Å². The molecule has 1 unspecified atom stereocenters. The minimum atomic E-state index is 0.530. The molecule has 2 rings (SSSR count). The van der Waals surface area contributed by atoms with E-state index < -0.39 is 0 Å². The molecule has 1 fully saturated rings. The molecule has 0 amide bonds. The van der Waals surface area contributed by atoms with Gasteiger partial charge in [0.2, 0.25) is 5.88 Å². The Hall–Kier alpha value is -1.29. The van der Waals surface area contributed by atoms with E-state index in [1.807, 2.05) is 12.1 Å². The topological polar surface area (TPSA) is 46.2 Å². The summed E-state index contributed by atoms with van der Waals surface area (Å²) in [5.41, 5.74) is 1.07. The van der Waals surface area contributed by atoms with Crippen LogP contribution in [-0.4, -0.2) is 31.2 Å². The molecule has 0 bridgehead atoms.